The summed E-state index contributed by atoms with van der Waals surface area (Å²) in [6.45, 7) is 2.75. The summed E-state index contributed by atoms with van der Waals surface area (Å²) < 4.78 is 0. The van der Waals surface area contributed by atoms with Crippen LogP contribution in [0.15, 0.2) is 30.3 Å². The number of hydrogen-bond donors (Lipinski definition) is 3. The maximum Gasteiger partial charge on any atom is 0.249 e. The molecule has 0 aromatic heterocycles. The van der Waals surface area contributed by atoms with Crippen molar-refractivity contribution in [2.45, 2.75) is 26.0 Å². The van der Waals surface area contributed by atoms with Crippen LogP contribution in [-0.4, -0.2) is 29.1 Å². The second-order valence-corrected chi connectivity index (χ2v) is 3.77. The molecular weight excluding hydrogens is 220 g/mol. The van der Waals surface area contributed by atoms with Crippen molar-refractivity contribution < 1.29 is 14.7 Å². The van der Waals surface area contributed by atoms with Gasteiger partial charge in [-0.2, -0.15) is 0 Å². The lowest BCUT2D eigenvalue weighted by atomic mass is 10.1. The molecule has 0 saturated heterocycles. The number of para-hydroxylation sites is 1. The van der Waals surface area contributed by atoms with E-state index in [4.69, 9.17) is 0 Å². The van der Waals surface area contributed by atoms with E-state index in [0.29, 0.717) is 5.69 Å². The standard InChI is InChI=1S/C12H16N2O3/c1-8(15)11(13-9(2)16)12(17)14-10-6-4-3-5-7-10/h3-8,11,15H,1-2H3,(H,13,16)(H,14,17)/t8-,11-/m0/s1. The van der Waals surface area contributed by atoms with Gasteiger partial charge in [0.1, 0.15) is 6.04 Å². The van der Waals surface area contributed by atoms with Crippen molar-refractivity contribution in [1.82, 2.24) is 5.32 Å². The molecule has 0 saturated carbocycles. The number of benzene rings is 1. The van der Waals surface area contributed by atoms with Crippen LogP contribution < -0.4 is 10.6 Å². The van der Waals surface area contributed by atoms with E-state index in [1.54, 1.807) is 24.3 Å². The molecule has 1 rings (SSSR count). The lowest BCUT2D eigenvalue weighted by molar-refractivity contribution is -0.127. The predicted molar refractivity (Wildman–Crippen MR) is 64.4 cm³/mol. The Kier molecular flexibility index (Phi) is 4.66. The van der Waals surface area contributed by atoms with Crippen molar-refractivity contribution in [2.24, 2.45) is 0 Å². The Morgan fingerprint density at radius 1 is 1.24 bits per heavy atom. The minimum atomic E-state index is -0.956. The number of hydrogen-bond acceptors (Lipinski definition) is 3. The van der Waals surface area contributed by atoms with Crippen molar-refractivity contribution in [3.05, 3.63) is 30.3 Å². The molecule has 1 aromatic rings. The van der Waals surface area contributed by atoms with E-state index in [-0.39, 0.29) is 5.91 Å². The van der Waals surface area contributed by atoms with Gasteiger partial charge in [0.2, 0.25) is 11.8 Å². The molecule has 3 N–H and O–H groups in total. The smallest absolute Gasteiger partial charge is 0.249 e. The van der Waals surface area contributed by atoms with Crippen molar-refractivity contribution in [2.75, 3.05) is 5.32 Å². The molecule has 0 radical (unpaired) electrons. The van der Waals surface area contributed by atoms with Crippen molar-refractivity contribution in [3.63, 3.8) is 0 Å². The second-order valence-electron chi connectivity index (χ2n) is 3.77. The van der Waals surface area contributed by atoms with Crippen LogP contribution in [0.1, 0.15) is 13.8 Å². The Labute approximate surface area is 99.8 Å². The van der Waals surface area contributed by atoms with Crippen LogP contribution in [0.25, 0.3) is 0 Å². The van der Waals surface area contributed by atoms with E-state index in [2.05, 4.69) is 10.6 Å². The fourth-order valence-corrected chi connectivity index (χ4v) is 1.37. The molecule has 0 heterocycles. The minimum Gasteiger partial charge on any atom is -0.391 e. The first kappa shape index (κ1) is 13.2. The van der Waals surface area contributed by atoms with E-state index in [1.807, 2.05) is 6.07 Å². The Morgan fingerprint density at radius 2 is 1.82 bits per heavy atom. The molecule has 92 valence electrons. The second kappa shape index (κ2) is 6.00. The van der Waals surface area contributed by atoms with Gasteiger partial charge in [-0.25, -0.2) is 0 Å². The lowest BCUT2D eigenvalue weighted by Crippen LogP contribution is -2.49. The summed E-state index contributed by atoms with van der Waals surface area (Å²) in [7, 11) is 0. The molecule has 1 aromatic carbocycles. The van der Waals surface area contributed by atoms with Gasteiger partial charge in [0.25, 0.3) is 0 Å². The average Bonchev–Trinajstić information content (AvgIpc) is 2.26. The van der Waals surface area contributed by atoms with Gasteiger partial charge in [-0.3, -0.25) is 9.59 Å². The number of amides is 2. The molecule has 0 spiro atoms. The summed E-state index contributed by atoms with van der Waals surface area (Å²) in [4.78, 5) is 22.7. The van der Waals surface area contributed by atoms with Crippen LogP contribution in [-0.2, 0) is 9.59 Å². The van der Waals surface area contributed by atoms with E-state index in [1.165, 1.54) is 13.8 Å². The number of aliphatic hydroxyl groups excluding tert-OH is 1. The summed E-state index contributed by atoms with van der Waals surface area (Å²) in [6.07, 6.45) is -0.956. The van der Waals surface area contributed by atoms with Crippen molar-refractivity contribution in [1.29, 1.82) is 0 Å². The molecule has 0 aliphatic carbocycles. The fourth-order valence-electron chi connectivity index (χ4n) is 1.37. The van der Waals surface area contributed by atoms with Crippen molar-refractivity contribution in [3.8, 4) is 0 Å². The third kappa shape index (κ3) is 4.24. The van der Waals surface area contributed by atoms with Gasteiger partial charge in [0, 0.05) is 12.6 Å². The monoisotopic (exact) mass is 236 g/mol. The third-order valence-electron chi connectivity index (χ3n) is 2.16. The van der Waals surface area contributed by atoms with Gasteiger partial charge in [-0.15, -0.1) is 0 Å². The van der Waals surface area contributed by atoms with E-state index >= 15 is 0 Å². The van der Waals surface area contributed by atoms with Gasteiger partial charge in [0.05, 0.1) is 6.10 Å². The molecule has 0 aliphatic rings. The predicted octanol–water partition coefficient (Wildman–Crippen LogP) is 0.511. The van der Waals surface area contributed by atoms with Gasteiger partial charge in [0.15, 0.2) is 0 Å². The molecule has 0 bridgehead atoms. The first-order valence-electron chi connectivity index (χ1n) is 5.32. The Bertz CT molecular complexity index is 390. The van der Waals surface area contributed by atoms with E-state index in [0.717, 1.165) is 0 Å². The summed E-state index contributed by atoms with van der Waals surface area (Å²) in [5, 5.41) is 14.4. The Balaban J connectivity index is 2.69. The van der Waals surface area contributed by atoms with Crippen LogP contribution in [0.4, 0.5) is 5.69 Å². The Morgan fingerprint density at radius 3 is 2.29 bits per heavy atom. The summed E-state index contributed by atoms with van der Waals surface area (Å²) in [5.74, 6) is -0.805. The number of carbonyl (C=O) groups excluding carboxylic acids is 2. The SMILES string of the molecule is CC(=O)N[C@H](C(=O)Nc1ccccc1)[C@H](C)O. The highest BCUT2D eigenvalue weighted by molar-refractivity contribution is 5.97. The highest BCUT2D eigenvalue weighted by Gasteiger charge is 2.24. The lowest BCUT2D eigenvalue weighted by Gasteiger charge is -2.19. The number of nitrogens with one attached hydrogen (secondary N) is 2. The number of carbonyl (C=O) groups is 2. The van der Waals surface area contributed by atoms with Crippen molar-refractivity contribution >= 4 is 17.5 Å². The number of anilines is 1. The molecule has 0 fully saturated rings. The summed E-state index contributed by atoms with van der Waals surface area (Å²) >= 11 is 0. The molecule has 5 heteroatoms. The number of aliphatic hydroxyl groups is 1. The zero-order chi connectivity index (χ0) is 12.8. The quantitative estimate of drug-likeness (QED) is 0.712. The van der Waals surface area contributed by atoms with Crippen LogP contribution in [0.3, 0.4) is 0 Å². The topological polar surface area (TPSA) is 78.4 Å². The molecule has 5 nitrogen and oxygen atoms in total. The van der Waals surface area contributed by atoms with Crippen LogP contribution in [0, 0.1) is 0 Å². The average molecular weight is 236 g/mol. The van der Waals surface area contributed by atoms with E-state index < -0.39 is 18.1 Å². The first-order chi connectivity index (χ1) is 8.00. The fraction of sp³-hybridized carbons (Fsp3) is 0.333. The van der Waals surface area contributed by atoms with Gasteiger partial charge in [-0.1, -0.05) is 18.2 Å². The normalized spacial score (nSPS) is 13.6. The molecular formula is C12H16N2O3. The van der Waals surface area contributed by atoms with Crippen LogP contribution >= 0.6 is 0 Å². The van der Waals surface area contributed by atoms with Gasteiger partial charge >= 0.3 is 0 Å². The van der Waals surface area contributed by atoms with E-state index in [9.17, 15) is 14.7 Å². The molecule has 2 amide bonds. The first-order valence-corrected chi connectivity index (χ1v) is 5.32. The molecule has 0 aliphatic heterocycles. The molecule has 0 unspecified atom stereocenters. The zero-order valence-electron chi connectivity index (χ0n) is 9.81. The van der Waals surface area contributed by atoms with Crippen LogP contribution in [0.5, 0.6) is 0 Å². The third-order valence-corrected chi connectivity index (χ3v) is 2.16. The maximum atomic E-state index is 11.8. The minimum absolute atomic E-state index is 0.362. The highest BCUT2D eigenvalue weighted by atomic mass is 16.3. The van der Waals surface area contributed by atoms with Crippen LogP contribution in [0.2, 0.25) is 0 Å². The highest BCUT2D eigenvalue weighted by Crippen LogP contribution is 2.06. The maximum absolute atomic E-state index is 11.8. The summed E-state index contributed by atoms with van der Waals surface area (Å²) in [5.41, 5.74) is 0.619. The number of rotatable bonds is 4. The van der Waals surface area contributed by atoms with Gasteiger partial charge < -0.3 is 15.7 Å². The molecule has 17 heavy (non-hydrogen) atoms. The summed E-state index contributed by atoms with van der Waals surface area (Å²) in [6, 6.07) is 7.90. The zero-order valence-corrected chi connectivity index (χ0v) is 9.81. The van der Waals surface area contributed by atoms with Gasteiger partial charge in [-0.05, 0) is 19.1 Å². The molecule has 2 atom stereocenters. The Hall–Kier alpha value is -1.88. The largest absolute Gasteiger partial charge is 0.391 e.